The van der Waals surface area contributed by atoms with Crippen LogP contribution in [0.25, 0.3) is 5.69 Å². The van der Waals surface area contributed by atoms with Gasteiger partial charge >= 0.3 is 5.69 Å². The lowest BCUT2D eigenvalue weighted by molar-refractivity contribution is 0.0953. The lowest BCUT2D eigenvalue weighted by Gasteiger charge is -2.37. The lowest BCUT2D eigenvalue weighted by atomic mass is 9.92. The number of carbonyl (C=O) groups is 1. The number of anilines is 1. The maximum atomic E-state index is 14.9. The second-order valence-electron chi connectivity index (χ2n) is 9.42. The van der Waals surface area contributed by atoms with Crippen LogP contribution < -0.4 is 32.3 Å². The van der Waals surface area contributed by atoms with Gasteiger partial charge < -0.3 is 16.0 Å². The van der Waals surface area contributed by atoms with Gasteiger partial charge in [-0.3, -0.25) is 15.4 Å². The number of aromatic nitrogens is 2. The zero-order valence-corrected chi connectivity index (χ0v) is 22.4. The van der Waals surface area contributed by atoms with Crippen molar-refractivity contribution in [3.8, 4) is 5.69 Å². The summed E-state index contributed by atoms with van der Waals surface area (Å²) in [4.78, 5) is 29.7. The van der Waals surface area contributed by atoms with Gasteiger partial charge in [0, 0.05) is 23.9 Å². The summed E-state index contributed by atoms with van der Waals surface area (Å²) in [6, 6.07) is 8.32. The van der Waals surface area contributed by atoms with Gasteiger partial charge in [0.15, 0.2) is 0 Å². The van der Waals surface area contributed by atoms with Crippen LogP contribution in [0.5, 0.6) is 0 Å². The van der Waals surface area contributed by atoms with E-state index in [-0.39, 0.29) is 11.7 Å². The summed E-state index contributed by atoms with van der Waals surface area (Å²) in [5.41, 5.74) is 1.35. The fourth-order valence-corrected chi connectivity index (χ4v) is 4.61. The quantitative estimate of drug-likeness (QED) is 0.238. The van der Waals surface area contributed by atoms with Crippen molar-refractivity contribution in [2.24, 2.45) is 0 Å². The van der Waals surface area contributed by atoms with Gasteiger partial charge in [-0.25, -0.2) is 23.1 Å². The number of aryl methyl sites for hydroxylation is 1. The summed E-state index contributed by atoms with van der Waals surface area (Å²) in [6.07, 6.45) is 2.50. The van der Waals surface area contributed by atoms with Gasteiger partial charge in [0.05, 0.1) is 6.04 Å². The minimum Gasteiger partial charge on any atom is -0.352 e. The SMILES string of the molecule is CCCNC(=O)c1ccc(C)c(C2NC(NCCCNCC)Nc3c2cnc(=O)n3-c2c(F)cccc2F)c1. The molecule has 0 spiro atoms. The number of nitrogens with one attached hydrogen (secondary N) is 5. The number of hydrogen-bond acceptors (Lipinski definition) is 7. The number of halogens is 2. The predicted octanol–water partition coefficient (Wildman–Crippen LogP) is 2.94. The highest BCUT2D eigenvalue weighted by molar-refractivity contribution is 5.94. The molecule has 39 heavy (non-hydrogen) atoms. The Bertz CT molecular complexity index is 1360. The van der Waals surface area contributed by atoms with Crippen molar-refractivity contribution in [2.45, 2.75) is 45.9 Å². The second-order valence-corrected chi connectivity index (χ2v) is 9.42. The van der Waals surface area contributed by atoms with Crippen molar-refractivity contribution in [2.75, 3.05) is 31.5 Å². The van der Waals surface area contributed by atoms with Crippen LogP contribution in [-0.4, -0.2) is 47.9 Å². The molecule has 11 heteroatoms. The average Bonchev–Trinajstić information content (AvgIpc) is 2.92. The van der Waals surface area contributed by atoms with Gasteiger partial charge in [-0.05, 0) is 74.8 Å². The van der Waals surface area contributed by atoms with E-state index in [1.165, 1.54) is 12.3 Å². The van der Waals surface area contributed by atoms with E-state index in [2.05, 4.69) is 31.6 Å². The first-order valence-electron chi connectivity index (χ1n) is 13.3. The average molecular weight is 540 g/mol. The number of amides is 1. The van der Waals surface area contributed by atoms with Crippen LogP contribution in [-0.2, 0) is 0 Å². The highest BCUT2D eigenvalue weighted by Gasteiger charge is 2.32. The first-order valence-corrected chi connectivity index (χ1v) is 13.3. The summed E-state index contributed by atoms with van der Waals surface area (Å²) in [5, 5.41) is 16.2. The summed E-state index contributed by atoms with van der Waals surface area (Å²) in [7, 11) is 0. The molecule has 1 amide bonds. The van der Waals surface area contributed by atoms with Crippen molar-refractivity contribution in [1.82, 2.24) is 30.8 Å². The van der Waals surface area contributed by atoms with E-state index < -0.39 is 35.3 Å². The number of hydrogen-bond donors (Lipinski definition) is 5. The van der Waals surface area contributed by atoms with Gasteiger partial charge in [-0.2, -0.15) is 0 Å². The Balaban J connectivity index is 1.81. The molecule has 0 fully saturated rings. The third kappa shape index (κ3) is 6.32. The Morgan fingerprint density at radius 3 is 2.56 bits per heavy atom. The molecule has 0 aliphatic carbocycles. The maximum Gasteiger partial charge on any atom is 0.353 e. The van der Waals surface area contributed by atoms with E-state index in [4.69, 9.17) is 0 Å². The van der Waals surface area contributed by atoms with Crippen molar-refractivity contribution in [3.63, 3.8) is 0 Å². The largest absolute Gasteiger partial charge is 0.353 e. The molecule has 2 atom stereocenters. The molecule has 208 valence electrons. The topological polar surface area (TPSA) is 112 Å². The smallest absolute Gasteiger partial charge is 0.352 e. The minimum atomic E-state index is -0.884. The molecule has 2 aromatic carbocycles. The van der Waals surface area contributed by atoms with Crippen LogP contribution in [0, 0.1) is 18.6 Å². The number of nitrogens with zero attached hydrogens (tertiary/aromatic N) is 2. The van der Waals surface area contributed by atoms with Crippen molar-refractivity contribution in [1.29, 1.82) is 0 Å². The summed E-state index contributed by atoms with van der Waals surface area (Å²) < 4.78 is 30.7. The first-order chi connectivity index (χ1) is 18.8. The van der Waals surface area contributed by atoms with Crippen LogP contribution in [0.2, 0.25) is 0 Å². The molecule has 4 rings (SSSR count). The van der Waals surface area contributed by atoms with E-state index in [0.717, 1.165) is 53.8 Å². The van der Waals surface area contributed by atoms with Crippen molar-refractivity contribution < 1.29 is 13.6 Å². The minimum absolute atomic E-state index is 0.193. The molecule has 1 aromatic heterocycles. The van der Waals surface area contributed by atoms with Crippen LogP contribution in [0.4, 0.5) is 14.6 Å². The van der Waals surface area contributed by atoms with Gasteiger partial charge in [-0.15, -0.1) is 0 Å². The Morgan fingerprint density at radius 1 is 1.08 bits per heavy atom. The number of benzene rings is 2. The number of rotatable bonds is 11. The van der Waals surface area contributed by atoms with Crippen LogP contribution in [0.1, 0.15) is 59.8 Å². The summed E-state index contributed by atoms with van der Waals surface area (Å²) in [5.74, 6) is -1.75. The molecule has 0 radical (unpaired) electrons. The van der Waals surface area contributed by atoms with E-state index in [0.29, 0.717) is 24.2 Å². The number of para-hydroxylation sites is 1. The van der Waals surface area contributed by atoms with E-state index in [9.17, 15) is 18.4 Å². The number of fused-ring (bicyclic) bond motifs is 1. The molecule has 2 unspecified atom stereocenters. The van der Waals surface area contributed by atoms with E-state index in [1.807, 2.05) is 26.8 Å². The Labute approximate surface area is 226 Å². The molecule has 2 heterocycles. The molecular formula is C28H35F2N7O2. The Kier molecular flexibility index (Phi) is 9.39. The van der Waals surface area contributed by atoms with Gasteiger partial charge in [0.2, 0.25) is 0 Å². The Morgan fingerprint density at radius 2 is 1.85 bits per heavy atom. The van der Waals surface area contributed by atoms with Crippen LogP contribution >= 0.6 is 0 Å². The van der Waals surface area contributed by atoms with Gasteiger partial charge in [0.1, 0.15) is 29.4 Å². The highest BCUT2D eigenvalue weighted by Crippen LogP contribution is 2.35. The van der Waals surface area contributed by atoms with Gasteiger partial charge in [-0.1, -0.05) is 26.0 Å². The molecule has 0 bridgehead atoms. The predicted molar refractivity (Wildman–Crippen MR) is 147 cm³/mol. The second kappa shape index (κ2) is 12.9. The zero-order chi connectivity index (χ0) is 27.9. The van der Waals surface area contributed by atoms with Crippen molar-refractivity contribution in [3.05, 3.63) is 87.0 Å². The molecule has 9 nitrogen and oxygen atoms in total. The van der Waals surface area contributed by atoms with Crippen LogP contribution in [0.15, 0.2) is 47.4 Å². The fraction of sp³-hybridized carbons (Fsp3) is 0.393. The normalized spacial score (nSPS) is 16.4. The summed E-state index contributed by atoms with van der Waals surface area (Å²) in [6.45, 7) is 8.80. The Hall–Kier alpha value is -3.67. The van der Waals surface area contributed by atoms with E-state index >= 15 is 0 Å². The maximum absolute atomic E-state index is 14.9. The third-order valence-electron chi connectivity index (χ3n) is 6.61. The summed E-state index contributed by atoms with van der Waals surface area (Å²) >= 11 is 0. The fourth-order valence-electron chi connectivity index (χ4n) is 4.61. The zero-order valence-electron chi connectivity index (χ0n) is 22.4. The number of carbonyl (C=O) groups excluding carboxylic acids is 1. The molecule has 1 aliphatic rings. The van der Waals surface area contributed by atoms with Gasteiger partial charge in [0.25, 0.3) is 5.91 Å². The molecule has 1 aliphatic heterocycles. The van der Waals surface area contributed by atoms with Crippen molar-refractivity contribution >= 4 is 11.7 Å². The first kappa shape index (κ1) is 28.3. The molecule has 0 saturated heterocycles. The lowest BCUT2D eigenvalue weighted by Crippen LogP contribution is -2.54. The molecular weight excluding hydrogens is 504 g/mol. The molecule has 5 N–H and O–H groups in total. The van der Waals surface area contributed by atoms with Crippen LogP contribution in [0.3, 0.4) is 0 Å². The molecule has 0 saturated carbocycles. The third-order valence-corrected chi connectivity index (χ3v) is 6.61. The monoisotopic (exact) mass is 539 g/mol. The standard InChI is InChI=1S/C28H35F2N7O2/c1-4-12-32-26(38)18-11-10-17(3)19(15-18)23-20-16-34-28(39)37(24-21(29)8-6-9-22(24)30)25(20)36-27(35-23)33-14-7-13-31-5-2/h6,8-11,15-16,23,27,31,33,35-36H,4-5,7,12-14H2,1-3H3,(H,32,38). The highest BCUT2D eigenvalue weighted by atomic mass is 19.1. The molecule has 3 aromatic rings. The van der Waals surface area contributed by atoms with E-state index in [1.54, 1.807) is 12.1 Å².